The summed E-state index contributed by atoms with van der Waals surface area (Å²) < 4.78 is 9.96. The van der Waals surface area contributed by atoms with Gasteiger partial charge in [-0.2, -0.15) is 0 Å². The van der Waals surface area contributed by atoms with Gasteiger partial charge in [0.2, 0.25) is 5.91 Å². The number of hydrogen-bond donors (Lipinski definition) is 1. The molecule has 0 unspecified atom stereocenters. The van der Waals surface area contributed by atoms with Crippen LogP contribution in [0.1, 0.15) is 31.7 Å². The Hall–Kier alpha value is -2.04. The van der Waals surface area contributed by atoms with Crippen LogP contribution in [0, 0.1) is 0 Å². The Kier molecular flexibility index (Phi) is 4.83. The lowest BCUT2D eigenvalue weighted by Crippen LogP contribution is -2.36. The first-order valence-electron chi connectivity index (χ1n) is 7.21. The predicted octanol–water partition coefficient (Wildman–Crippen LogP) is 1.80. The van der Waals surface area contributed by atoms with E-state index in [0.717, 1.165) is 24.2 Å². The summed E-state index contributed by atoms with van der Waals surface area (Å²) in [6.45, 7) is 2.44. The first-order valence-corrected chi connectivity index (χ1v) is 7.21. The maximum absolute atomic E-state index is 12.3. The molecule has 1 fully saturated rings. The maximum Gasteiger partial charge on any atom is 0.307 e. The van der Waals surface area contributed by atoms with E-state index in [9.17, 15) is 9.59 Å². The minimum atomic E-state index is -0.430. The van der Waals surface area contributed by atoms with Crippen LogP contribution in [0.25, 0.3) is 0 Å². The van der Waals surface area contributed by atoms with Gasteiger partial charge in [-0.1, -0.05) is 12.1 Å². The molecule has 1 amide bonds. The van der Waals surface area contributed by atoms with Crippen molar-refractivity contribution in [3.63, 3.8) is 0 Å². The molecule has 0 spiro atoms. The Labute approximate surface area is 124 Å². The average Bonchev–Trinajstić information content (AvgIpc) is 3.29. The van der Waals surface area contributed by atoms with Crippen LogP contribution in [0.2, 0.25) is 0 Å². The van der Waals surface area contributed by atoms with Crippen molar-refractivity contribution in [1.29, 1.82) is 0 Å². The molecule has 0 saturated heterocycles. The number of ether oxygens (including phenoxy) is 2. The summed E-state index contributed by atoms with van der Waals surface area (Å²) >= 11 is 0. The van der Waals surface area contributed by atoms with E-state index >= 15 is 0 Å². The highest BCUT2D eigenvalue weighted by molar-refractivity contribution is 5.91. The van der Waals surface area contributed by atoms with E-state index in [4.69, 9.17) is 9.47 Å². The second-order valence-electron chi connectivity index (χ2n) is 5.12. The van der Waals surface area contributed by atoms with Crippen molar-refractivity contribution in [2.24, 2.45) is 0 Å². The number of benzene rings is 1. The highest BCUT2D eigenvalue weighted by atomic mass is 16.5. The van der Waals surface area contributed by atoms with Crippen LogP contribution in [-0.2, 0) is 19.7 Å². The van der Waals surface area contributed by atoms with Gasteiger partial charge in [0.1, 0.15) is 5.75 Å². The number of hydrogen-bond acceptors (Lipinski definition) is 4. The van der Waals surface area contributed by atoms with E-state index in [1.807, 2.05) is 24.3 Å². The molecule has 0 radical (unpaired) electrons. The zero-order valence-electron chi connectivity index (χ0n) is 12.5. The number of nitrogens with one attached hydrogen (secondary N) is 1. The molecule has 0 aliphatic heterocycles. The number of rotatable bonds is 7. The lowest BCUT2D eigenvalue weighted by Gasteiger charge is -2.16. The highest BCUT2D eigenvalue weighted by Gasteiger charge is 2.51. The molecule has 1 aromatic carbocycles. The van der Waals surface area contributed by atoms with E-state index in [-0.39, 0.29) is 18.3 Å². The van der Waals surface area contributed by atoms with Gasteiger partial charge in [-0.3, -0.25) is 9.59 Å². The van der Waals surface area contributed by atoms with E-state index in [1.165, 1.54) is 0 Å². The topological polar surface area (TPSA) is 64.6 Å². The minimum Gasteiger partial charge on any atom is -0.497 e. The third-order valence-corrected chi connectivity index (χ3v) is 3.75. The Morgan fingerprint density at radius 3 is 2.43 bits per heavy atom. The Morgan fingerprint density at radius 1 is 1.24 bits per heavy atom. The summed E-state index contributed by atoms with van der Waals surface area (Å²) in [4.78, 5) is 23.6. The number of carbonyl (C=O) groups is 2. The van der Waals surface area contributed by atoms with Crippen LogP contribution in [0.3, 0.4) is 0 Å². The van der Waals surface area contributed by atoms with Crippen molar-refractivity contribution in [2.45, 2.75) is 31.6 Å². The normalized spacial score (nSPS) is 15.1. The van der Waals surface area contributed by atoms with Gasteiger partial charge in [-0.25, -0.2) is 0 Å². The predicted molar refractivity (Wildman–Crippen MR) is 78.2 cm³/mol. The van der Waals surface area contributed by atoms with Crippen LogP contribution in [0.5, 0.6) is 5.75 Å². The molecule has 114 valence electrons. The molecular formula is C16H21NO4. The van der Waals surface area contributed by atoms with Gasteiger partial charge in [0, 0.05) is 6.54 Å². The van der Waals surface area contributed by atoms with Crippen LogP contribution in [0.15, 0.2) is 24.3 Å². The quantitative estimate of drug-likeness (QED) is 0.778. The molecule has 5 heteroatoms. The molecule has 0 atom stereocenters. The third-order valence-electron chi connectivity index (χ3n) is 3.75. The van der Waals surface area contributed by atoms with Crippen LogP contribution >= 0.6 is 0 Å². The number of esters is 1. The molecule has 1 aliphatic carbocycles. The molecular weight excluding hydrogens is 270 g/mol. The highest BCUT2D eigenvalue weighted by Crippen LogP contribution is 2.48. The number of methoxy groups -OCH3 is 1. The van der Waals surface area contributed by atoms with Gasteiger partial charge in [-0.15, -0.1) is 0 Å². The van der Waals surface area contributed by atoms with E-state index in [1.54, 1.807) is 14.0 Å². The Balaban J connectivity index is 1.90. The standard InChI is InChI=1S/C16H21NO4/c1-3-21-14(18)8-11-17-15(19)16(9-10-16)12-4-6-13(20-2)7-5-12/h4-7H,3,8-11H2,1-2H3,(H,17,19). The molecule has 5 nitrogen and oxygen atoms in total. The molecule has 1 aromatic rings. The second-order valence-corrected chi connectivity index (χ2v) is 5.12. The molecule has 0 bridgehead atoms. The monoisotopic (exact) mass is 291 g/mol. The largest absolute Gasteiger partial charge is 0.497 e. The average molecular weight is 291 g/mol. The number of carbonyl (C=O) groups excluding carboxylic acids is 2. The van der Waals surface area contributed by atoms with E-state index in [2.05, 4.69) is 5.32 Å². The molecule has 2 rings (SSSR count). The number of amides is 1. The molecule has 1 N–H and O–H groups in total. The first-order chi connectivity index (χ1) is 10.1. The summed E-state index contributed by atoms with van der Waals surface area (Å²) in [5.74, 6) is 0.473. The molecule has 1 saturated carbocycles. The van der Waals surface area contributed by atoms with Crippen molar-refractivity contribution in [1.82, 2.24) is 5.32 Å². The van der Waals surface area contributed by atoms with Gasteiger partial charge in [-0.05, 0) is 37.5 Å². The SMILES string of the molecule is CCOC(=O)CCNC(=O)C1(c2ccc(OC)cc2)CC1. The fourth-order valence-electron chi connectivity index (χ4n) is 2.36. The first kappa shape index (κ1) is 15.4. The van der Waals surface area contributed by atoms with Crippen molar-refractivity contribution in [2.75, 3.05) is 20.3 Å². The third kappa shape index (κ3) is 3.54. The van der Waals surface area contributed by atoms with Gasteiger partial charge < -0.3 is 14.8 Å². The minimum absolute atomic E-state index is 0.0167. The van der Waals surface area contributed by atoms with Crippen molar-refractivity contribution >= 4 is 11.9 Å². The Morgan fingerprint density at radius 2 is 1.90 bits per heavy atom. The van der Waals surface area contributed by atoms with Gasteiger partial charge >= 0.3 is 5.97 Å². The molecule has 0 heterocycles. The molecule has 21 heavy (non-hydrogen) atoms. The second kappa shape index (κ2) is 6.61. The zero-order chi connectivity index (χ0) is 15.3. The summed E-state index contributed by atoms with van der Waals surface area (Å²) in [7, 11) is 1.62. The van der Waals surface area contributed by atoms with E-state index in [0.29, 0.717) is 13.2 Å². The van der Waals surface area contributed by atoms with E-state index < -0.39 is 5.41 Å². The van der Waals surface area contributed by atoms with Gasteiger partial charge in [0.25, 0.3) is 0 Å². The molecule has 0 aromatic heterocycles. The van der Waals surface area contributed by atoms with Crippen molar-refractivity contribution in [3.05, 3.63) is 29.8 Å². The van der Waals surface area contributed by atoms with Crippen LogP contribution in [0.4, 0.5) is 0 Å². The van der Waals surface area contributed by atoms with Crippen LogP contribution < -0.4 is 10.1 Å². The summed E-state index contributed by atoms with van der Waals surface area (Å²) in [5, 5.41) is 2.83. The lowest BCUT2D eigenvalue weighted by atomic mass is 9.95. The van der Waals surface area contributed by atoms with Crippen molar-refractivity contribution < 1.29 is 19.1 Å². The van der Waals surface area contributed by atoms with Crippen LogP contribution in [-0.4, -0.2) is 32.1 Å². The fourth-order valence-corrected chi connectivity index (χ4v) is 2.36. The molecule has 1 aliphatic rings. The summed E-state index contributed by atoms with van der Waals surface area (Å²) in [6, 6.07) is 7.58. The zero-order valence-corrected chi connectivity index (χ0v) is 12.5. The smallest absolute Gasteiger partial charge is 0.307 e. The van der Waals surface area contributed by atoms with Gasteiger partial charge in [0.15, 0.2) is 0 Å². The van der Waals surface area contributed by atoms with Gasteiger partial charge in [0.05, 0.1) is 25.6 Å². The summed E-state index contributed by atoms with van der Waals surface area (Å²) in [6.07, 6.45) is 1.88. The maximum atomic E-state index is 12.3. The fraction of sp³-hybridized carbons (Fsp3) is 0.500. The van der Waals surface area contributed by atoms with Crippen molar-refractivity contribution in [3.8, 4) is 5.75 Å². The summed E-state index contributed by atoms with van der Waals surface area (Å²) in [5.41, 5.74) is 0.568. The Bertz CT molecular complexity index is 506. The lowest BCUT2D eigenvalue weighted by molar-refractivity contribution is -0.143.